The Morgan fingerprint density at radius 3 is 2.71 bits per heavy atom. The number of aromatic nitrogens is 1. The van der Waals surface area contributed by atoms with Crippen molar-refractivity contribution in [3.8, 4) is 6.07 Å². The minimum atomic E-state index is 0.654. The Bertz CT molecular complexity index is 552. The van der Waals surface area contributed by atoms with Crippen molar-refractivity contribution >= 4 is 11.5 Å². The Labute approximate surface area is 101 Å². The average Bonchev–Trinajstić information content (AvgIpc) is 2.39. The van der Waals surface area contributed by atoms with Gasteiger partial charge in [0.2, 0.25) is 0 Å². The number of benzene rings is 1. The van der Waals surface area contributed by atoms with E-state index in [1.807, 2.05) is 55.4 Å². The van der Waals surface area contributed by atoms with Crippen LogP contribution < -0.4 is 4.90 Å². The first-order valence-electron chi connectivity index (χ1n) is 5.37. The summed E-state index contributed by atoms with van der Waals surface area (Å²) in [7, 11) is 1.94. The van der Waals surface area contributed by atoms with Crippen molar-refractivity contribution in [3.63, 3.8) is 0 Å². The van der Waals surface area contributed by atoms with E-state index in [0.29, 0.717) is 5.56 Å². The number of hydrogen-bond donors (Lipinski definition) is 0. The molecule has 0 atom stereocenters. The van der Waals surface area contributed by atoms with Crippen LogP contribution in [0.3, 0.4) is 0 Å². The Morgan fingerprint density at radius 2 is 2.06 bits per heavy atom. The zero-order valence-electron chi connectivity index (χ0n) is 9.88. The summed E-state index contributed by atoms with van der Waals surface area (Å²) < 4.78 is 0. The predicted octanol–water partition coefficient (Wildman–Crippen LogP) is 3.03. The summed E-state index contributed by atoms with van der Waals surface area (Å²) in [6, 6.07) is 13.6. The topological polar surface area (TPSA) is 39.9 Å². The smallest absolute Gasteiger partial charge is 0.132 e. The van der Waals surface area contributed by atoms with Gasteiger partial charge in [0.05, 0.1) is 11.6 Å². The molecule has 3 heteroatoms. The van der Waals surface area contributed by atoms with Gasteiger partial charge in [0, 0.05) is 18.9 Å². The van der Waals surface area contributed by atoms with E-state index in [1.54, 1.807) is 6.07 Å². The van der Waals surface area contributed by atoms with Crippen LogP contribution >= 0.6 is 0 Å². The van der Waals surface area contributed by atoms with Crippen molar-refractivity contribution in [2.45, 2.75) is 6.92 Å². The normalized spacial score (nSPS) is 9.71. The number of anilines is 2. The lowest BCUT2D eigenvalue weighted by Crippen LogP contribution is -2.11. The summed E-state index contributed by atoms with van der Waals surface area (Å²) in [5.74, 6) is 0.866. The summed E-state index contributed by atoms with van der Waals surface area (Å²) >= 11 is 0. The van der Waals surface area contributed by atoms with Crippen molar-refractivity contribution in [2.24, 2.45) is 0 Å². The molecule has 0 aliphatic carbocycles. The SMILES string of the molecule is Cc1ccc(N(C)c2cccc(C#N)c2)nc1. The minimum Gasteiger partial charge on any atom is -0.329 e. The summed E-state index contributed by atoms with van der Waals surface area (Å²) in [5.41, 5.74) is 2.75. The number of rotatable bonds is 2. The quantitative estimate of drug-likeness (QED) is 0.785. The lowest BCUT2D eigenvalue weighted by atomic mass is 10.2. The van der Waals surface area contributed by atoms with Crippen LogP contribution in [-0.4, -0.2) is 12.0 Å². The number of nitrogens with zero attached hydrogens (tertiary/aromatic N) is 3. The molecule has 0 saturated carbocycles. The van der Waals surface area contributed by atoms with Crippen LogP contribution in [0, 0.1) is 18.3 Å². The van der Waals surface area contributed by atoms with E-state index >= 15 is 0 Å². The van der Waals surface area contributed by atoms with Crippen molar-refractivity contribution in [1.29, 1.82) is 5.26 Å². The van der Waals surface area contributed by atoms with Gasteiger partial charge in [-0.15, -0.1) is 0 Å². The highest BCUT2D eigenvalue weighted by Gasteiger charge is 2.05. The number of hydrogen-bond acceptors (Lipinski definition) is 3. The van der Waals surface area contributed by atoms with E-state index in [1.165, 1.54) is 0 Å². The molecule has 0 bridgehead atoms. The highest BCUT2D eigenvalue weighted by molar-refractivity contribution is 5.61. The van der Waals surface area contributed by atoms with Gasteiger partial charge in [-0.2, -0.15) is 5.26 Å². The fraction of sp³-hybridized carbons (Fsp3) is 0.143. The molecule has 0 radical (unpaired) electrons. The molecule has 0 aliphatic heterocycles. The molecule has 1 heterocycles. The van der Waals surface area contributed by atoms with Crippen LogP contribution in [0.2, 0.25) is 0 Å². The molecular formula is C14H13N3. The molecule has 2 rings (SSSR count). The third-order valence-electron chi connectivity index (χ3n) is 2.60. The Balaban J connectivity index is 2.33. The highest BCUT2D eigenvalue weighted by Crippen LogP contribution is 2.22. The second-order valence-electron chi connectivity index (χ2n) is 3.91. The Kier molecular flexibility index (Phi) is 3.06. The van der Waals surface area contributed by atoms with E-state index < -0.39 is 0 Å². The molecule has 0 fully saturated rings. The van der Waals surface area contributed by atoms with Crippen molar-refractivity contribution in [2.75, 3.05) is 11.9 Å². The van der Waals surface area contributed by atoms with Crippen LogP contribution in [0.5, 0.6) is 0 Å². The van der Waals surface area contributed by atoms with E-state index in [2.05, 4.69) is 11.1 Å². The van der Waals surface area contributed by atoms with Gasteiger partial charge in [-0.3, -0.25) is 0 Å². The third kappa shape index (κ3) is 2.43. The monoisotopic (exact) mass is 223 g/mol. The second kappa shape index (κ2) is 4.67. The van der Waals surface area contributed by atoms with Gasteiger partial charge < -0.3 is 4.90 Å². The number of aryl methyl sites for hydroxylation is 1. The van der Waals surface area contributed by atoms with Crippen molar-refractivity contribution in [1.82, 2.24) is 4.98 Å². The van der Waals surface area contributed by atoms with Crippen LogP contribution in [0.4, 0.5) is 11.5 Å². The first-order valence-corrected chi connectivity index (χ1v) is 5.37. The fourth-order valence-corrected chi connectivity index (χ4v) is 1.57. The first-order chi connectivity index (χ1) is 8.20. The van der Waals surface area contributed by atoms with E-state index in [-0.39, 0.29) is 0 Å². The van der Waals surface area contributed by atoms with E-state index in [4.69, 9.17) is 5.26 Å². The largest absolute Gasteiger partial charge is 0.329 e. The van der Waals surface area contributed by atoms with Gasteiger partial charge in [0.15, 0.2) is 0 Å². The average molecular weight is 223 g/mol. The van der Waals surface area contributed by atoms with Gasteiger partial charge in [-0.1, -0.05) is 12.1 Å². The number of nitriles is 1. The maximum absolute atomic E-state index is 8.87. The fourth-order valence-electron chi connectivity index (χ4n) is 1.57. The standard InChI is InChI=1S/C14H13N3/c1-11-6-7-14(16-10-11)17(2)13-5-3-4-12(8-13)9-15/h3-8,10H,1-2H3. The van der Waals surface area contributed by atoms with Gasteiger partial charge in [0.1, 0.15) is 5.82 Å². The third-order valence-corrected chi connectivity index (χ3v) is 2.60. The molecule has 0 N–H and O–H groups in total. The zero-order valence-corrected chi connectivity index (χ0v) is 9.88. The van der Waals surface area contributed by atoms with Gasteiger partial charge in [-0.25, -0.2) is 4.98 Å². The molecular weight excluding hydrogens is 210 g/mol. The molecule has 1 aromatic carbocycles. The van der Waals surface area contributed by atoms with Gasteiger partial charge >= 0.3 is 0 Å². The predicted molar refractivity (Wildman–Crippen MR) is 68.2 cm³/mol. The molecule has 0 spiro atoms. The van der Waals surface area contributed by atoms with E-state index in [0.717, 1.165) is 17.1 Å². The Hall–Kier alpha value is -2.34. The molecule has 0 saturated heterocycles. The lowest BCUT2D eigenvalue weighted by Gasteiger charge is -2.18. The van der Waals surface area contributed by atoms with Crippen molar-refractivity contribution in [3.05, 3.63) is 53.7 Å². The second-order valence-corrected chi connectivity index (χ2v) is 3.91. The minimum absolute atomic E-state index is 0.654. The van der Waals surface area contributed by atoms with Gasteiger partial charge in [-0.05, 0) is 36.8 Å². The number of pyridine rings is 1. The molecule has 0 aliphatic rings. The summed E-state index contributed by atoms with van der Waals surface area (Å²) in [5, 5.41) is 8.87. The van der Waals surface area contributed by atoms with Crippen molar-refractivity contribution < 1.29 is 0 Å². The summed E-state index contributed by atoms with van der Waals surface area (Å²) in [4.78, 5) is 6.31. The Morgan fingerprint density at radius 1 is 1.24 bits per heavy atom. The van der Waals surface area contributed by atoms with Gasteiger partial charge in [0.25, 0.3) is 0 Å². The molecule has 0 amide bonds. The van der Waals surface area contributed by atoms with Crippen LogP contribution in [0.15, 0.2) is 42.6 Å². The van der Waals surface area contributed by atoms with Crippen LogP contribution in [0.1, 0.15) is 11.1 Å². The summed E-state index contributed by atoms with van der Waals surface area (Å²) in [6.07, 6.45) is 1.83. The maximum atomic E-state index is 8.87. The summed E-state index contributed by atoms with van der Waals surface area (Å²) in [6.45, 7) is 2.01. The molecule has 0 unspecified atom stereocenters. The highest BCUT2D eigenvalue weighted by atomic mass is 15.2. The molecule has 17 heavy (non-hydrogen) atoms. The molecule has 84 valence electrons. The molecule has 3 nitrogen and oxygen atoms in total. The first kappa shape index (κ1) is 11.2. The van der Waals surface area contributed by atoms with Crippen LogP contribution in [-0.2, 0) is 0 Å². The van der Waals surface area contributed by atoms with Crippen LogP contribution in [0.25, 0.3) is 0 Å². The zero-order chi connectivity index (χ0) is 12.3. The maximum Gasteiger partial charge on any atom is 0.132 e. The van der Waals surface area contributed by atoms with E-state index in [9.17, 15) is 0 Å². The molecule has 1 aromatic heterocycles. The lowest BCUT2D eigenvalue weighted by molar-refractivity contribution is 1.11. The molecule has 2 aromatic rings.